The summed E-state index contributed by atoms with van der Waals surface area (Å²) in [5, 5.41) is 9.93. The Morgan fingerprint density at radius 3 is 2.83 bits per heavy atom. The lowest BCUT2D eigenvalue weighted by molar-refractivity contribution is -0.126. The number of amides is 3. The first-order valence-electron chi connectivity index (χ1n) is 7.24. The van der Waals surface area contributed by atoms with Crippen LogP contribution in [0.5, 0.6) is 11.5 Å². The molecule has 23 heavy (non-hydrogen) atoms. The number of rotatable bonds is 6. The van der Waals surface area contributed by atoms with Gasteiger partial charge in [0.25, 0.3) is 0 Å². The first-order valence-corrected chi connectivity index (χ1v) is 7.24. The van der Waals surface area contributed by atoms with E-state index < -0.39 is 12.1 Å². The van der Waals surface area contributed by atoms with Gasteiger partial charge in [-0.25, -0.2) is 4.79 Å². The van der Waals surface area contributed by atoms with Crippen LogP contribution in [0, 0.1) is 0 Å². The number of ether oxygens (including phenoxy) is 3. The molecule has 8 nitrogen and oxygen atoms in total. The number of carbonyl (C=O) groups is 2. The van der Waals surface area contributed by atoms with Gasteiger partial charge in [-0.1, -0.05) is 6.07 Å². The van der Waals surface area contributed by atoms with Gasteiger partial charge in [0.1, 0.15) is 6.54 Å². The number of likely N-dealkylation sites (N-methyl/N-ethyl adjacent to an activating group) is 1. The fourth-order valence-electron chi connectivity index (χ4n) is 2.46. The molecule has 0 unspecified atom stereocenters. The lowest BCUT2D eigenvalue weighted by Gasteiger charge is -2.18. The molecule has 1 aromatic rings. The third kappa shape index (κ3) is 3.38. The van der Waals surface area contributed by atoms with Crippen LogP contribution in [0.4, 0.5) is 4.79 Å². The zero-order chi connectivity index (χ0) is 16.4. The van der Waals surface area contributed by atoms with Gasteiger partial charge in [-0.15, -0.1) is 0 Å². The van der Waals surface area contributed by atoms with Crippen LogP contribution in [-0.4, -0.2) is 66.5 Å². The zero-order valence-electron chi connectivity index (χ0n) is 12.7. The second-order valence-electron chi connectivity index (χ2n) is 5.50. The van der Waals surface area contributed by atoms with Crippen LogP contribution in [0.15, 0.2) is 18.2 Å². The average Bonchev–Trinajstić information content (AvgIpc) is 3.07. The monoisotopic (exact) mass is 322 g/mol. The van der Waals surface area contributed by atoms with Crippen molar-refractivity contribution in [3.8, 4) is 11.5 Å². The minimum atomic E-state index is -0.927. The quantitative estimate of drug-likeness (QED) is 0.752. The smallest absolute Gasteiger partial charge is 0.327 e. The maximum Gasteiger partial charge on any atom is 0.327 e. The third-order valence-electron chi connectivity index (χ3n) is 3.64. The number of imide groups is 1. The van der Waals surface area contributed by atoms with E-state index in [-0.39, 0.29) is 39.0 Å². The molecule has 8 heteroatoms. The van der Waals surface area contributed by atoms with E-state index in [0.717, 1.165) is 10.5 Å². The number of hydrogen-bond donors (Lipinski definition) is 1. The molecule has 0 saturated carbocycles. The molecule has 0 aromatic heterocycles. The minimum absolute atomic E-state index is 0.0230. The molecule has 1 N–H and O–H groups in total. The number of hydrogen-bond acceptors (Lipinski definition) is 6. The van der Waals surface area contributed by atoms with Crippen molar-refractivity contribution in [3.63, 3.8) is 0 Å². The molecule has 1 aromatic carbocycles. The highest BCUT2D eigenvalue weighted by atomic mass is 16.7. The second-order valence-corrected chi connectivity index (χ2v) is 5.50. The molecule has 3 rings (SSSR count). The normalized spacial score (nSPS) is 18.0. The van der Waals surface area contributed by atoms with Crippen LogP contribution >= 0.6 is 0 Å². The van der Waals surface area contributed by atoms with Gasteiger partial charge >= 0.3 is 6.03 Å². The van der Waals surface area contributed by atoms with E-state index >= 15 is 0 Å². The molecule has 1 saturated heterocycles. The summed E-state index contributed by atoms with van der Waals surface area (Å²) in [6.07, 6.45) is -0.927. The number of urea groups is 1. The molecule has 124 valence electrons. The number of aliphatic hydroxyl groups excluding tert-OH is 1. The highest BCUT2D eigenvalue weighted by molar-refractivity contribution is 6.01. The summed E-state index contributed by atoms with van der Waals surface area (Å²) < 4.78 is 15.9. The summed E-state index contributed by atoms with van der Waals surface area (Å²) in [4.78, 5) is 25.7. The standard InChI is InChI=1S/C15H18N2O6/c1-16-6-14(19)17(15(16)20)5-11(18)8-21-7-10-2-3-12-13(4-10)23-9-22-12/h2-4,11,18H,5-9H2,1H3/t11-/m1/s1. The van der Waals surface area contributed by atoms with Crippen molar-refractivity contribution in [1.29, 1.82) is 0 Å². The van der Waals surface area contributed by atoms with Gasteiger partial charge in [-0.3, -0.25) is 9.69 Å². The Labute approximate surface area is 133 Å². The number of fused-ring (bicyclic) bond motifs is 1. The van der Waals surface area contributed by atoms with E-state index in [1.54, 1.807) is 13.1 Å². The van der Waals surface area contributed by atoms with Gasteiger partial charge in [0, 0.05) is 7.05 Å². The minimum Gasteiger partial charge on any atom is -0.454 e. The van der Waals surface area contributed by atoms with Crippen molar-refractivity contribution in [1.82, 2.24) is 9.80 Å². The Balaban J connectivity index is 1.45. The topological polar surface area (TPSA) is 88.5 Å². The maximum absolute atomic E-state index is 11.7. The fraction of sp³-hybridized carbons (Fsp3) is 0.467. The van der Waals surface area contributed by atoms with Crippen LogP contribution in [0.2, 0.25) is 0 Å². The van der Waals surface area contributed by atoms with Crippen LogP contribution in [0.1, 0.15) is 5.56 Å². The largest absolute Gasteiger partial charge is 0.454 e. The third-order valence-corrected chi connectivity index (χ3v) is 3.64. The van der Waals surface area contributed by atoms with Gasteiger partial charge in [-0.2, -0.15) is 0 Å². The first-order chi connectivity index (χ1) is 11.0. The molecule has 1 fully saturated rings. The zero-order valence-corrected chi connectivity index (χ0v) is 12.7. The summed E-state index contributed by atoms with van der Waals surface area (Å²) in [5.74, 6) is 1.05. The van der Waals surface area contributed by atoms with Crippen molar-refractivity contribution in [3.05, 3.63) is 23.8 Å². The van der Waals surface area contributed by atoms with Gasteiger partial charge in [0.05, 0.1) is 25.9 Å². The summed E-state index contributed by atoms with van der Waals surface area (Å²) in [5.41, 5.74) is 0.884. The van der Waals surface area contributed by atoms with Gasteiger partial charge in [-0.05, 0) is 17.7 Å². The molecule has 0 radical (unpaired) electrons. The fourth-order valence-corrected chi connectivity index (χ4v) is 2.46. The first kappa shape index (κ1) is 15.6. The van der Waals surface area contributed by atoms with Crippen LogP contribution < -0.4 is 9.47 Å². The highest BCUT2D eigenvalue weighted by Gasteiger charge is 2.34. The van der Waals surface area contributed by atoms with Gasteiger partial charge in [0.15, 0.2) is 11.5 Å². The second kappa shape index (κ2) is 6.43. The van der Waals surface area contributed by atoms with Crippen molar-refractivity contribution in [2.75, 3.05) is 33.5 Å². The molecule has 0 spiro atoms. The van der Waals surface area contributed by atoms with E-state index in [9.17, 15) is 14.7 Å². The van der Waals surface area contributed by atoms with E-state index in [1.165, 1.54) is 4.90 Å². The maximum atomic E-state index is 11.7. The molecule has 2 aliphatic heterocycles. The Morgan fingerprint density at radius 2 is 2.09 bits per heavy atom. The average molecular weight is 322 g/mol. The number of aliphatic hydroxyl groups is 1. The highest BCUT2D eigenvalue weighted by Crippen LogP contribution is 2.32. The molecule has 0 bridgehead atoms. The van der Waals surface area contributed by atoms with Crippen LogP contribution in [-0.2, 0) is 16.1 Å². The summed E-state index contributed by atoms with van der Waals surface area (Å²) in [7, 11) is 1.54. The van der Waals surface area contributed by atoms with Gasteiger partial charge in [0.2, 0.25) is 12.7 Å². The summed E-state index contributed by atoms with van der Waals surface area (Å²) in [6, 6.07) is 5.07. The van der Waals surface area contributed by atoms with E-state index in [1.807, 2.05) is 12.1 Å². The summed E-state index contributed by atoms with van der Waals surface area (Å²) in [6.45, 7) is 0.502. The lowest BCUT2D eigenvalue weighted by atomic mass is 10.2. The predicted octanol–water partition coefficient (Wildman–Crippen LogP) is 0.187. The molecular formula is C15H18N2O6. The van der Waals surface area contributed by atoms with E-state index in [2.05, 4.69) is 0 Å². The Bertz CT molecular complexity index is 620. The van der Waals surface area contributed by atoms with Crippen molar-refractivity contribution in [2.24, 2.45) is 0 Å². The van der Waals surface area contributed by atoms with Crippen LogP contribution in [0.3, 0.4) is 0 Å². The number of carbonyl (C=O) groups excluding carboxylic acids is 2. The van der Waals surface area contributed by atoms with E-state index in [4.69, 9.17) is 14.2 Å². The molecule has 3 amide bonds. The number of β-amino-alcohol motifs (C(OH)–C–C–N with tert-alkyl or cyclic N) is 1. The van der Waals surface area contributed by atoms with E-state index in [0.29, 0.717) is 11.5 Å². The molecular weight excluding hydrogens is 304 g/mol. The molecule has 2 aliphatic rings. The number of benzene rings is 1. The van der Waals surface area contributed by atoms with Gasteiger partial charge < -0.3 is 24.2 Å². The molecule has 1 atom stereocenters. The number of nitrogens with zero attached hydrogens (tertiary/aromatic N) is 2. The summed E-state index contributed by atoms with van der Waals surface area (Å²) >= 11 is 0. The Morgan fingerprint density at radius 1 is 1.30 bits per heavy atom. The van der Waals surface area contributed by atoms with Crippen molar-refractivity contribution < 1.29 is 28.9 Å². The Kier molecular flexibility index (Phi) is 4.35. The predicted molar refractivity (Wildman–Crippen MR) is 78.0 cm³/mol. The molecule has 2 heterocycles. The van der Waals surface area contributed by atoms with Crippen molar-refractivity contribution >= 4 is 11.9 Å². The van der Waals surface area contributed by atoms with Crippen LogP contribution in [0.25, 0.3) is 0 Å². The Hall–Kier alpha value is -2.32. The molecule has 0 aliphatic carbocycles. The van der Waals surface area contributed by atoms with Crippen molar-refractivity contribution in [2.45, 2.75) is 12.7 Å². The lowest BCUT2D eigenvalue weighted by Crippen LogP contribution is -2.39. The SMILES string of the molecule is CN1CC(=O)N(C[C@@H](O)COCc2ccc3c(c2)OCO3)C1=O.